The van der Waals surface area contributed by atoms with Crippen molar-refractivity contribution < 1.29 is 14.0 Å². The first-order valence-corrected chi connectivity index (χ1v) is 7.32. The first kappa shape index (κ1) is 15.0. The molecule has 1 unspecified atom stereocenters. The molecule has 1 fully saturated rings. The Labute approximate surface area is 125 Å². The van der Waals surface area contributed by atoms with E-state index in [2.05, 4.69) is 21.2 Å². The summed E-state index contributed by atoms with van der Waals surface area (Å²) in [5, 5.41) is 2.70. The quantitative estimate of drug-likeness (QED) is 0.911. The van der Waals surface area contributed by atoms with E-state index in [1.807, 2.05) is 6.92 Å². The Morgan fingerprint density at radius 3 is 2.85 bits per heavy atom. The molecule has 0 aliphatic carbocycles. The van der Waals surface area contributed by atoms with Crippen LogP contribution >= 0.6 is 15.9 Å². The van der Waals surface area contributed by atoms with Crippen LogP contribution < -0.4 is 5.32 Å². The van der Waals surface area contributed by atoms with E-state index < -0.39 is 6.04 Å². The number of hydrogen-bond acceptors (Lipinski definition) is 2. The maximum atomic E-state index is 13.1. The zero-order valence-electron chi connectivity index (χ0n) is 11.2. The minimum atomic E-state index is -0.444. The molecule has 0 spiro atoms. The predicted molar refractivity (Wildman–Crippen MR) is 76.4 cm³/mol. The van der Waals surface area contributed by atoms with Gasteiger partial charge in [-0.25, -0.2) is 4.39 Å². The van der Waals surface area contributed by atoms with Gasteiger partial charge in [0.25, 0.3) is 0 Å². The second-order valence-electron chi connectivity index (χ2n) is 4.84. The lowest BCUT2D eigenvalue weighted by atomic mass is 10.1. The molecule has 1 aromatic carbocycles. The molecular weight excluding hydrogens is 327 g/mol. The summed E-state index contributed by atoms with van der Waals surface area (Å²) in [6, 6.07) is 3.87. The fraction of sp³-hybridized carbons (Fsp3) is 0.429. The molecule has 6 heteroatoms. The highest BCUT2D eigenvalue weighted by atomic mass is 79.9. The Kier molecular flexibility index (Phi) is 4.75. The lowest BCUT2D eigenvalue weighted by Crippen LogP contribution is -2.57. The highest BCUT2D eigenvalue weighted by Crippen LogP contribution is 2.21. The van der Waals surface area contributed by atoms with Crippen LogP contribution in [-0.2, 0) is 16.1 Å². The molecule has 2 amide bonds. The maximum Gasteiger partial charge on any atom is 0.245 e. The Morgan fingerprint density at radius 2 is 2.20 bits per heavy atom. The molecule has 1 aromatic rings. The number of benzene rings is 1. The predicted octanol–water partition coefficient (Wildman–Crippen LogP) is 2.22. The number of halogens is 2. The van der Waals surface area contributed by atoms with Gasteiger partial charge in [0.2, 0.25) is 11.8 Å². The second-order valence-corrected chi connectivity index (χ2v) is 5.69. The van der Waals surface area contributed by atoms with Crippen LogP contribution in [0.2, 0.25) is 0 Å². The van der Waals surface area contributed by atoms with E-state index in [0.29, 0.717) is 17.4 Å². The van der Waals surface area contributed by atoms with Gasteiger partial charge in [-0.2, -0.15) is 0 Å². The Balaban J connectivity index is 2.14. The van der Waals surface area contributed by atoms with Crippen molar-refractivity contribution in [1.82, 2.24) is 10.2 Å². The third-order valence-corrected chi connectivity index (χ3v) is 3.97. The molecule has 1 aliphatic heterocycles. The van der Waals surface area contributed by atoms with Crippen LogP contribution in [0.1, 0.15) is 25.3 Å². The van der Waals surface area contributed by atoms with Crippen LogP contribution in [0.4, 0.5) is 4.39 Å². The van der Waals surface area contributed by atoms with Crippen molar-refractivity contribution in [1.29, 1.82) is 0 Å². The van der Waals surface area contributed by atoms with Gasteiger partial charge in [-0.1, -0.05) is 35.3 Å². The van der Waals surface area contributed by atoms with Gasteiger partial charge in [-0.15, -0.1) is 0 Å². The van der Waals surface area contributed by atoms with E-state index in [4.69, 9.17) is 0 Å². The van der Waals surface area contributed by atoms with Gasteiger partial charge in [0.15, 0.2) is 0 Å². The molecule has 108 valence electrons. The zero-order valence-corrected chi connectivity index (χ0v) is 12.7. The van der Waals surface area contributed by atoms with Gasteiger partial charge in [-0.3, -0.25) is 9.59 Å². The minimum Gasteiger partial charge on any atom is -0.343 e. The second kappa shape index (κ2) is 6.35. The van der Waals surface area contributed by atoms with Crippen LogP contribution in [0, 0.1) is 5.82 Å². The number of carbonyl (C=O) groups is 2. The van der Waals surface area contributed by atoms with Crippen molar-refractivity contribution in [2.45, 2.75) is 32.4 Å². The van der Waals surface area contributed by atoms with E-state index in [1.54, 1.807) is 6.07 Å². The lowest BCUT2D eigenvalue weighted by molar-refractivity contribution is -0.145. The molecule has 1 aliphatic rings. The van der Waals surface area contributed by atoms with E-state index >= 15 is 0 Å². The largest absolute Gasteiger partial charge is 0.343 e. The smallest absolute Gasteiger partial charge is 0.245 e. The highest BCUT2D eigenvalue weighted by Gasteiger charge is 2.32. The molecule has 20 heavy (non-hydrogen) atoms. The number of nitrogens with zero attached hydrogens (tertiary/aromatic N) is 1. The van der Waals surface area contributed by atoms with Gasteiger partial charge in [0.05, 0.1) is 6.54 Å². The maximum absolute atomic E-state index is 13.1. The molecule has 1 atom stereocenters. The van der Waals surface area contributed by atoms with Crippen LogP contribution in [-0.4, -0.2) is 29.3 Å². The van der Waals surface area contributed by atoms with Crippen molar-refractivity contribution >= 4 is 27.7 Å². The van der Waals surface area contributed by atoms with Gasteiger partial charge in [-0.05, 0) is 24.1 Å². The van der Waals surface area contributed by atoms with E-state index in [1.165, 1.54) is 17.0 Å². The van der Waals surface area contributed by atoms with E-state index in [9.17, 15) is 14.0 Å². The molecule has 1 saturated heterocycles. The Hall–Kier alpha value is -1.43. The molecule has 1 heterocycles. The summed E-state index contributed by atoms with van der Waals surface area (Å²) in [4.78, 5) is 25.4. The van der Waals surface area contributed by atoms with Crippen LogP contribution in [0.3, 0.4) is 0 Å². The average molecular weight is 343 g/mol. The molecule has 0 radical (unpaired) electrons. The molecule has 0 aromatic heterocycles. The van der Waals surface area contributed by atoms with Gasteiger partial charge in [0, 0.05) is 11.0 Å². The molecule has 0 saturated carbocycles. The average Bonchev–Trinajstić information content (AvgIpc) is 2.38. The van der Waals surface area contributed by atoms with Crippen LogP contribution in [0.25, 0.3) is 0 Å². The minimum absolute atomic E-state index is 0.0445. The van der Waals surface area contributed by atoms with Gasteiger partial charge >= 0.3 is 0 Å². The third kappa shape index (κ3) is 3.36. The first-order valence-electron chi connectivity index (χ1n) is 6.53. The standard InChI is InChI=1S/C14H16BrFN2O2/c1-2-3-12-14(20)18(8-13(19)17-12)7-9-4-5-10(16)6-11(9)15/h4-6,12H,2-3,7-8H2,1H3,(H,17,19). The molecule has 2 rings (SSSR count). The third-order valence-electron chi connectivity index (χ3n) is 3.23. The number of rotatable bonds is 4. The van der Waals surface area contributed by atoms with Crippen molar-refractivity contribution in [3.63, 3.8) is 0 Å². The molecule has 0 bridgehead atoms. The first-order chi connectivity index (χ1) is 9.51. The fourth-order valence-electron chi connectivity index (χ4n) is 2.25. The van der Waals surface area contributed by atoms with E-state index in [0.717, 1.165) is 12.0 Å². The van der Waals surface area contributed by atoms with Crippen molar-refractivity contribution in [2.24, 2.45) is 0 Å². The molecule has 1 N–H and O–H groups in total. The molecular formula is C14H16BrFN2O2. The summed E-state index contributed by atoms with van der Waals surface area (Å²) < 4.78 is 13.7. The van der Waals surface area contributed by atoms with Crippen LogP contribution in [0.5, 0.6) is 0 Å². The van der Waals surface area contributed by atoms with Gasteiger partial charge in [0.1, 0.15) is 11.9 Å². The summed E-state index contributed by atoms with van der Waals surface area (Å²) in [6.07, 6.45) is 1.45. The SMILES string of the molecule is CCCC1NC(=O)CN(Cc2ccc(F)cc2Br)C1=O. The highest BCUT2D eigenvalue weighted by molar-refractivity contribution is 9.10. The number of carbonyl (C=O) groups excluding carboxylic acids is 2. The number of nitrogens with one attached hydrogen (secondary N) is 1. The Bertz CT molecular complexity index is 536. The monoisotopic (exact) mass is 342 g/mol. The summed E-state index contributed by atoms with van der Waals surface area (Å²) in [5.41, 5.74) is 0.782. The number of hydrogen-bond donors (Lipinski definition) is 1. The number of piperazine rings is 1. The number of amides is 2. The molecule has 4 nitrogen and oxygen atoms in total. The van der Waals surface area contributed by atoms with Crippen molar-refractivity contribution in [3.05, 3.63) is 34.1 Å². The Morgan fingerprint density at radius 1 is 1.45 bits per heavy atom. The van der Waals surface area contributed by atoms with Crippen LogP contribution in [0.15, 0.2) is 22.7 Å². The topological polar surface area (TPSA) is 49.4 Å². The van der Waals surface area contributed by atoms with Gasteiger partial charge < -0.3 is 10.2 Å². The summed E-state index contributed by atoms with van der Waals surface area (Å²) in [6.45, 7) is 2.31. The zero-order chi connectivity index (χ0) is 14.7. The van der Waals surface area contributed by atoms with Crippen molar-refractivity contribution in [3.8, 4) is 0 Å². The normalized spacial score (nSPS) is 19.1. The van der Waals surface area contributed by atoms with Crippen molar-refractivity contribution in [2.75, 3.05) is 6.54 Å². The van der Waals surface area contributed by atoms with E-state index in [-0.39, 0.29) is 24.2 Å². The summed E-state index contributed by atoms with van der Waals surface area (Å²) in [5.74, 6) is -0.573. The fourth-order valence-corrected chi connectivity index (χ4v) is 2.72. The lowest BCUT2D eigenvalue weighted by Gasteiger charge is -2.32. The summed E-state index contributed by atoms with van der Waals surface area (Å²) in [7, 11) is 0. The summed E-state index contributed by atoms with van der Waals surface area (Å²) >= 11 is 3.28.